The van der Waals surface area contributed by atoms with Crippen molar-refractivity contribution in [2.45, 2.75) is 31.8 Å². The molecule has 0 aliphatic carbocycles. The van der Waals surface area contributed by atoms with E-state index in [1.165, 1.54) is 24.0 Å². The molecule has 1 N–H and O–H groups in total. The van der Waals surface area contributed by atoms with Crippen molar-refractivity contribution < 1.29 is 4.79 Å². The molecule has 1 fully saturated rings. The molecule has 0 saturated carbocycles. The molecule has 2 aromatic heterocycles. The topological polar surface area (TPSA) is 66.3 Å². The molecule has 7 nitrogen and oxygen atoms in total. The highest BCUT2D eigenvalue weighted by molar-refractivity contribution is 7.10. The molecule has 0 spiro atoms. The SMILES string of the molecule is CC(c1ccc(-n2cncn2)cc1)N(C)C(=O)NCC(c1cccs1)N1CCCC1. The van der Waals surface area contributed by atoms with E-state index in [0.29, 0.717) is 6.54 Å². The van der Waals surface area contributed by atoms with Gasteiger partial charge in [0.15, 0.2) is 0 Å². The molecule has 1 aromatic carbocycles. The number of carbonyl (C=O) groups excluding carboxylic acids is 1. The summed E-state index contributed by atoms with van der Waals surface area (Å²) in [6.45, 7) is 4.87. The van der Waals surface area contributed by atoms with Gasteiger partial charge in [0.2, 0.25) is 0 Å². The third-order valence-electron chi connectivity index (χ3n) is 5.86. The number of hydrogen-bond donors (Lipinski definition) is 1. The van der Waals surface area contributed by atoms with Gasteiger partial charge in [-0.3, -0.25) is 4.90 Å². The highest BCUT2D eigenvalue weighted by atomic mass is 32.1. The molecule has 0 bridgehead atoms. The third kappa shape index (κ3) is 4.55. The predicted molar refractivity (Wildman–Crippen MR) is 119 cm³/mol. The molecule has 0 radical (unpaired) electrons. The fourth-order valence-corrected chi connectivity index (χ4v) is 4.76. The van der Waals surface area contributed by atoms with E-state index >= 15 is 0 Å². The van der Waals surface area contributed by atoms with E-state index in [4.69, 9.17) is 0 Å². The standard InChI is InChI=1S/C22H28N6OS/c1-17(18-7-9-19(10-8-18)28-16-23-15-25-28)26(2)22(29)24-14-20(21-6-5-13-30-21)27-11-3-4-12-27/h5-10,13,15-17,20H,3-4,11-12,14H2,1-2H3,(H,24,29). The number of aromatic nitrogens is 3. The third-order valence-corrected chi connectivity index (χ3v) is 6.83. The summed E-state index contributed by atoms with van der Waals surface area (Å²) in [7, 11) is 1.85. The summed E-state index contributed by atoms with van der Waals surface area (Å²) < 4.78 is 1.72. The number of urea groups is 1. The van der Waals surface area contributed by atoms with Gasteiger partial charge in [0, 0.05) is 18.5 Å². The van der Waals surface area contributed by atoms with Crippen molar-refractivity contribution in [3.8, 4) is 5.69 Å². The van der Waals surface area contributed by atoms with E-state index in [1.807, 2.05) is 38.2 Å². The van der Waals surface area contributed by atoms with Gasteiger partial charge in [-0.2, -0.15) is 5.10 Å². The molecular formula is C22H28N6OS. The maximum atomic E-state index is 12.9. The number of likely N-dealkylation sites (tertiary alicyclic amines) is 1. The van der Waals surface area contributed by atoms with Crippen LogP contribution in [0.5, 0.6) is 0 Å². The van der Waals surface area contributed by atoms with Crippen LogP contribution in [0.25, 0.3) is 5.69 Å². The number of nitrogens with one attached hydrogen (secondary N) is 1. The first-order chi connectivity index (χ1) is 14.6. The first-order valence-electron chi connectivity index (χ1n) is 10.4. The molecule has 3 heterocycles. The lowest BCUT2D eigenvalue weighted by Crippen LogP contribution is -2.43. The Morgan fingerprint density at radius 1 is 1.23 bits per heavy atom. The highest BCUT2D eigenvalue weighted by Gasteiger charge is 2.26. The minimum atomic E-state index is -0.0522. The lowest BCUT2D eigenvalue weighted by Gasteiger charge is -2.30. The zero-order valence-electron chi connectivity index (χ0n) is 17.4. The van der Waals surface area contributed by atoms with E-state index in [9.17, 15) is 4.79 Å². The average molecular weight is 425 g/mol. The highest BCUT2D eigenvalue weighted by Crippen LogP contribution is 2.28. The summed E-state index contributed by atoms with van der Waals surface area (Å²) in [5, 5.41) is 9.42. The van der Waals surface area contributed by atoms with Gasteiger partial charge in [0.05, 0.1) is 17.8 Å². The Bertz CT molecular complexity index is 919. The van der Waals surface area contributed by atoms with Gasteiger partial charge >= 0.3 is 6.03 Å². The van der Waals surface area contributed by atoms with Crippen molar-refractivity contribution in [2.24, 2.45) is 0 Å². The van der Waals surface area contributed by atoms with E-state index < -0.39 is 0 Å². The Balaban J connectivity index is 1.37. The summed E-state index contributed by atoms with van der Waals surface area (Å²) in [5.41, 5.74) is 2.02. The number of thiophene rings is 1. The summed E-state index contributed by atoms with van der Waals surface area (Å²) in [4.78, 5) is 22.4. The zero-order valence-corrected chi connectivity index (χ0v) is 18.3. The van der Waals surface area contributed by atoms with Crippen molar-refractivity contribution in [2.75, 3.05) is 26.7 Å². The van der Waals surface area contributed by atoms with Crippen LogP contribution in [0.4, 0.5) is 4.79 Å². The average Bonchev–Trinajstić information content (AvgIpc) is 3.56. The summed E-state index contributed by atoms with van der Waals surface area (Å²) in [6, 6.07) is 12.5. The number of benzene rings is 1. The normalized spacial score (nSPS) is 16.3. The molecule has 3 aromatic rings. The second-order valence-corrected chi connectivity index (χ2v) is 8.66. The number of nitrogens with zero attached hydrogens (tertiary/aromatic N) is 5. The zero-order chi connectivity index (χ0) is 20.9. The second kappa shape index (κ2) is 9.40. The van der Waals surface area contributed by atoms with Gasteiger partial charge in [-0.15, -0.1) is 11.3 Å². The van der Waals surface area contributed by atoms with E-state index in [-0.39, 0.29) is 18.1 Å². The maximum Gasteiger partial charge on any atom is 0.317 e. The minimum absolute atomic E-state index is 0.0400. The molecule has 1 aliphatic heterocycles. The van der Waals surface area contributed by atoms with Crippen molar-refractivity contribution in [3.05, 3.63) is 64.9 Å². The van der Waals surface area contributed by atoms with Crippen LogP contribution in [0.2, 0.25) is 0 Å². The molecule has 1 aliphatic rings. The van der Waals surface area contributed by atoms with Crippen LogP contribution in [0.3, 0.4) is 0 Å². The van der Waals surface area contributed by atoms with Crippen molar-refractivity contribution in [3.63, 3.8) is 0 Å². The number of rotatable bonds is 7. The summed E-state index contributed by atoms with van der Waals surface area (Å²) in [5.74, 6) is 0. The van der Waals surface area contributed by atoms with Gasteiger partial charge in [-0.1, -0.05) is 18.2 Å². The van der Waals surface area contributed by atoms with Crippen LogP contribution in [0.15, 0.2) is 54.4 Å². The van der Waals surface area contributed by atoms with Gasteiger partial charge < -0.3 is 10.2 Å². The van der Waals surface area contributed by atoms with Crippen LogP contribution in [-0.2, 0) is 0 Å². The predicted octanol–water partition coefficient (Wildman–Crippen LogP) is 3.87. The van der Waals surface area contributed by atoms with Crippen LogP contribution in [-0.4, -0.2) is 57.3 Å². The Morgan fingerprint density at radius 3 is 2.63 bits per heavy atom. The Labute approximate surface area is 181 Å². The van der Waals surface area contributed by atoms with Crippen LogP contribution >= 0.6 is 11.3 Å². The fourth-order valence-electron chi connectivity index (χ4n) is 3.90. The summed E-state index contributed by atoms with van der Waals surface area (Å²) in [6.07, 6.45) is 5.65. The van der Waals surface area contributed by atoms with Gasteiger partial charge in [0.25, 0.3) is 0 Å². The largest absolute Gasteiger partial charge is 0.336 e. The lowest BCUT2D eigenvalue weighted by atomic mass is 10.1. The molecule has 4 rings (SSSR count). The Kier molecular flexibility index (Phi) is 6.44. The second-order valence-electron chi connectivity index (χ2n) is 7.68. The minimum Gasteiger partial charge on any atom is -0.336 e. The van der Waals surface area contributed by atoms with Gasteiger partial charge in [-0.25, -0.2) is 14.5 Å². The fraction of sp³-hybridized carbons (Fsp3) is 0.409. The molecule has 2 amide bonds. The molecule has 30 heavy (non-hydrogen) atoms. The van der Waals surface area contributed by atoms with Crippen LogP contribution < -0.4 is 5.32 Å². The van der Waals surface area contributed by atoms with E-state index in [1.54, 1.807) is 27.2 Å². The number of amides is 2. The van der Waals surface area contributed by atoms with Crippen LogP contribution in [0, 0.1) is 0 Å². The Morgan fingerprint density at radius 2 is 2.00 bits per heavy atom. The molecule has 8 heteroatoms. The molecular weight excluding hydrogens is 396 g/mol. The lowest BCUT2D eigenvalue weighted by molar-refractivity contribution is 0.185. The maximum absolute atomic E-state index is 12.9. The van der Waals surface area contributed by atoms with Gasteiger partial charge in [-0.05, 0) is 62.0 Å². The van der Waals surface area contributed by atoms with Crippen molar-refractivity contribution in [1.82, 2.24) is 29.9 Å². The first kappa shape index (κ1) is 20.6. The first-order valence-corrected chi connectivity index (χ1v) is 11.2. The molecule has 2 unspecified atom stereocenters. The van der Waals surface area contributed by atoms with Crippen molar-refractivity contribution in [1.29, 1.82) is 0 Å². The summed E-state index contributed by atoms with van der Waals surface area (Å²) >= 11 is 1.76. The Hall–Kier alpha value is -2.71. The molecule has 1 saturated heterocycles. The van der Waals surface area contributed by atoms with E-state index in [2.05, 4.69) is 37.8 Å². The molecule has 158 valence electrons. The monoisotopic (exact) mass is 424 g/mol. The quantitative estimate of drug-likeness (QED) is 0.625. The van der Waals surface area contributed by atoms with E-state index in [0.717, 1.165) is 24.3 Å². The van der Waals surface area contributed by atoms with Crippen LogP contribution in [0.1, 0.15) is 42.3 Å². The molecule has 2 atom stereocenters. The van der Waals surface area contributed by atoms with Crippen molar-refractivity contribution >= 4 is 17.4 Å². The number of carbonyl (C=O) groups is 1. The number of hydrogen-bond acceptors (Lipinski definition) is 5. The smallest absolute Gasteiger partial charge is 0.317 e. The van der Waals surface area contributed by atoms with Gasteiger partial charge in [0.1, 0.15) is 12.7 Å².